The molecule has 12 heteroatoms. The van der Waals surface area contributed by atoms with Crippen LogP contribution in [0.1, 0.15) is 27.7 Å². The zero-order valence-corrected chi connectivity index (χ0v) is 20.0. The van der Waals surface area contributed by atoms with Crippen molar-refractivity contribution in [3.63, 3.8) is 0 Å². The SMILES string of the molecule is CC(=O)OC(C)C(=O)OC(C)C(=O)N1CCN(C(C)=O)/C1=N\c1ccc2nccnc2c1Br. The molecule has 174 valence electrons. The molecule has 1 fully saturated rings. The molecule has 0 saturated carbocycles. The summed E-state index contributed by atoms with van der Waals surface area (Å²) in [4.78, 5) is 64.2. The summed E-state index contributed by atoms with van der Waals surface area (Å²) in [5, 5.41) is 0. The number of aromatic nitrogens is 2. The molecule has 2 aromatic rings. The molecule has 2 heterocycles. The van der Waals surface area contributed by atoms with Crippen LogP contribution in [0, 0.1) is 0 Å². The van der Waals surface area contributed by atoms with Crippen LogP contribution in [0.5, 0.6) is 0 Å². The number of carbonyl (C=O) groups is 4. The number of benzene rings is 1. The van der Waals surface area contributed by atoms with Crippen molar-refractivity contribution in [1.82, 2.24) is 19.8 Å². The number of carbonyl (C=O) groups excluding carboxylic acids is 4. The number of hydrogen-bond donors (Lipinski definition) is 0. The van der Waals surface area contributed by atoms with Crippen LogP contribution in [0.3, 0.4) is 0 Å². The van der Waals surface area contributed by atoms with Gasteiger partial charge >= 0.3 is 11.9 Å². The molecule has 1 aromatic heterocycles. The second kappa shape index (κ2) is 10.0. The third-order valence-electron chi connectivity index (χ3n) is 4.77. The first-order valence-electron chi connectivity index (χ1n) is 10.0. The van der Waals surface area contributed by atoms with Gasteiger partial charge in [-0.2, -0.15) is 0 Å². The summed E-state index contributed by atoms with van der Waals surface area (Å²) in [6, 6.07) is 3.42. The zero-order chi connectivity index (χ0) is 24.3. The number of rotatable bonds is 5. The molecule has 1 aliphatic rings. The number of guanidine groups is 1. The molecule has 3 rings (SSSR count). The van der Waals surface area contributed by atoms with Crippen molar-refractivity contribution in [3.8, 4) is 0 Å². The lowest BCUT2D eigenvalue weighted by atomic mass is 10.2. The van der Waals surface area contributed by atoms with Gasteiger partial charge < -0.3 is 9.47 Å². The Balaban J connectivity index is 1.89. The minimum atomic E-state index is -1.20. The highest BCUT2D eigenvalue weighted by Crippen LogP contribution is 2.32. The minimum absolute atomic E-state index is 0.104. The molecule has 1 aromatic carbocycles. The van der Waals surface area contributed by atoms with Gasteiger partial charge in [0.1, 0.15) is 5.52 Å². The van der Waals surface area contributed by atoms with Crippen molar-refractivity contribution in [2.75, 3.05) is 13.1 Å². The maximum Gasteiger partial charge on any atom is 0.347 e. The van der Waals surface area contributed by atoms with Gasteiger partial charge in [-0.3, -0.25) is 34.2 Å². The van der Waals surface area contributed by atoms with Gasteiger partial charge in [0.2, 0.25) is 11.9 Å². The van der Waals surface area contributed by atoms with Crippen LogP contribution in [0.4, 0.5) is 5.69 Å². The van der Waals surface area contributed by atoms with E-state index in [4.69, 9.17) is 9.47 Å². The van der Waals surface area contributed by atoms with Crippen LogP contribution >= 0.6 is 15.9 Å². The first-order chi connectivity index (χ1) is 15.6. The van der Waals surface area contributed by atoms with E-state index in [0.29, 0.717) is 21.2 Å². The first kappa shape index (κ1) is 24.2. The molecule has 11 nitrogen and oxygen atoms in total. The molecule has 2 amide bonds. The van der Waals surface area contributed by atoms with E-state index in [2.05, 4.69) is 30.9 Å². The fraction of sp³-hybridized carbons (Fsp3) is 0.381. The van der Waals surface area contributed by atoms with Crippen molar-refractivity contribution in [2.24, 2.45) is 4.99 Å². The number of fused-ring (bicyclic) bond motifs is 1. The largest absolute Gasteiger partial charge is 0.451 e. The van der Waals surface area contributed by atoms with E-state index in [9.17, 15) is 19.2 Å². The second-order valence-electron chi connectivity index (χ2n) is 7.23. The van der Waals surface area contributed by atoms with E-state index >= 15 is 0 Å². The van der Waals surface area contributed by atoms with E-state index in [-0.39, 0.29) is 25.0 Å². The maximum absolute atomic E-state index is 13.1. The van der Waals surface area contributed by atoms with E-state index in [1.54, 1.807) is 24.5 Å². The Kier molecular flexibility index (Phi) is 7.36. The van der Waals surface area contributed by atoms with Crippen molar-refractivity contribution >= 4 is 62.4 Å². The summed E-state index contributed by atoms with van der Waals surface area (Å²) in [6.07, 6.45) is 0.760. The molecule has 0 bridgehead atoms. The fourth-order valence-corrected chi connectivity index (χ4v) is 3.72. The van der Waals surface area contributed by atoms with Crippen molar-refractivity contribution in [2.45, 2.75) is 39.9 Å². The molecular weight excluding hydrogens is 498 g/mol. The van der Waals surface area contributed by atoms with Gasteiger partial charge in [-0.1, -0.05) is 0 Å². The van der Waals surface area contributed by atoms with Crippen LogP contribution in [0.2, 0.25) is 0 Å². The number of nitrogens with zero attached hydrogens (tertiary/aromatic N) is 5. The van der Waals surface area contributed by atoms with E-state index in [0.717, 1.165) is 6.92 Å². The fourth-order valence-electron chi connectivity index (χ4n) is 3.20. The molecule has 33 heavy (non-hydrogen) atoms. The van der Waals surface area contributed by atoms with Crippen LogP contribution in [0.25, 0.3) is 11.0 Å². The Labute approximate surface area is 197 Å². The summed E-state index contributed by atoms with van der Waals surface area (Å²) in [7, 11) is 0. The predicted molar refractivity (Wildman–Crippen MR) is 120 cm³/mol. The summed E-state index contributed by atoms with van der Waals surface area (Å²) < 4.78 is 10.5. The molecule has 1 saturated heterocycles. The molecule has 2 atom stereocenters. The third kappa shape index (κ3) is 5.33. The minimum Gasteiger partial charge on any atom is -0.451 e. The average Bonchev–Trinajstić information content (AvgIpc) is 3.18. The Hall–Kier alpha value is -3.41. The highest BCUT2D eigenvalue weighted by atomic mass is 79.9. The number of aliphatic imine (C=N–C) groups is 1. The number of hydrogen-bond acceptors (Lipinski definition) is 9. The Morgan fingerprint density at radius 1 is 1.00 bits per heavy atom. The monoisotopic (exact) mass is 519 g/mol. The average molecular weight is 520 g/mol. The van der Waals surface area contributed by atoms with Crippen LogP contribution in [0.15, 0.2) is 34.0 Å². The third-order valence-corrected chi connectivity index (χ3v) is 5.55. The molecule has 1 aliphatic heterocycles. The highest BCUT2D eigenvalue weighted by Gasteiger charge is 2.37. The van der Waals surface area contributed by atoms with Crippen LogP contribution in [-0.2, 0) is 28.7 Å². The molecular formula is C21H22BrN5O6. The van der Waals surface area contributed by atoms with Gasteiger partial charge in [-0.15, -0.1) is 0 Å². The van der Waals surface area contributed by atoms with Crippen molar-refractivity contribution in [3.05, 3.63) is 29.0 Å². The quantitative estimate of drug-likeness (QED) is 0.547. The standard InChI is InChI=1S/C21H22BrN5O6/c1-11(33-20(31)12(2)32-14(4)29)19(30)27-10-9-26(13(3)28)21(27)25-15-5-6-16-18(17(15)22)24-8-7-23-16/h5-8,11-12H,9-10H2,1-4H3/b25-21+. The van der Waals surface area contributed by atoms with Crippen LogP contribution < -0.4 is 0 Å². The number of amides is 2. The Morgan fingerprint density at radius 3 is 2.33 bits per heavy atom. The summed E-state index contributed by atoms with van der Waals surface area (Å²) >= 11 is 3.47. The van der Waals surface area contributed by atoms with E-state index in [1.165, 1.54) is 30.6 Å². The molecule has 0 aliphatic carbocycles. The molecule has 0 spiro atoms. The molecule has 0 radical (unpaired) electrons. The first-order valence-corrected chi connectivity index (χ1v) is 10.8. The summed E-state index contributed by atoms with van der Waals surface area (Å²) in [5.41, 5.74) is 1.67. The lowest BCUT2D eigenvalue weighted by Gasteiger charge is -2.23. The summed E-state index contributed by atoms with van der Waals surface area (Å²) in [6.45, 7) is 5.68. The summed E-state index contributed by atoms with van der Waals surface area (Å²) in [5.74, 6) is -2.27. The maximum atomic E-state index is 13.1. The van der Waals surface area contributed by atoms with Crippen molar-refractivity contribution in [1.29, 1.82) is 0 Å². The van der Waals surface area contributed by atoms with Gasteiger partial charge in [0.05, 0.1) is 15.7 Å². The van der Waals surface area contributed by atoms with Gasteiger partial charge in [-0.05, 0) is 41.9 Å². The predicted octanol–water partition coefficient (Wildman–Crippen LogP) is 1.95. The molecule has 2 unspecified atom stereocenters. The van der Waals surface area contributed by atoms with Crippen LogP contribution in [-0.4, -0.2) is 74.8 Å². The lowest BCUT2D eigenvalue weighted by molar-refractivity contribution is -0.171. The number of esters is 2. The van der Waals surface area contributed by atoms with Gasteiger partial charge in [0, 0.05) is 39.3 Å². The highest BCUT2D eigenvalue weighted by molar-refractivity contribution is 9.10. The number of halogens is 1. The van der Waals surface area contributed by atoms with E-state index in [1.807, 2.05) is 0 Å². The van der Waals surface area contributed by atoms with E-state index < -0.39 is 30.1 Å². The topological polar surface area (TPSA) is 131 Å². The zero-order valence-electron chi connectivity index (χ0n) is 18.4. The Morgan fingerprint density at radius 2 is 1.67 bits per heavy atom. The lowest BCUT2D eigenvalue weighted by Crippen LogP contribution is -2.45. The number of ether oxygens (including phenoxy) is 2. The smallest absolute Gasteiger partial charge is 0.347 e. The van der Waals surface area contributed by atoms with Crippen molar-refractivity contribution < 1.29 is 28.7 Å². The second-order valence-corrected chi connectivity index (χ2v) is 8.02. The Bertz CT molecular complexity index is 1150. The van der Waals surface area contributed by atoms with Gasteiger partial charge in [-0.25, -0.2) is 9.79 Å². The van der Waals surface area contributed by atoms with Gasteiger partial charge in [0.15, 0.2) is 12.2 Å². The normalized spacial score (nSPS) is 16.6. The molecule has 0 N–H and O–H groups in total. The van der Waals surface area contributed by atoms with Gasteiger partial charge in [0.25, 0.3) is 5.91 Å².